The van der Waals surface area contributed by atoms with Crippen LogP contribution in [0.25, 0.3) is 0 Å². The van der Waals surface area contributed by atoms with Crippen LogP contribution in [0.4, 0.5) is 4.39 Å². The Morgan fingerprint density at radius 3 is 2.22 bits per heavy atom. The molecule has 0 aromatic heterocycles. The first kappa shape index (κ1) is 21.8. The Morgan fingerprint density at radius 2 is 1.50 bits per heavy atom. The average molecular weight is 431 g/mol. The zero-order chi connectivity index (χ0) is 22.3. The van der Waals surface area contributed by atoms with Crippen LogP contribution in [-0.2, 0) is 12.8 Å². The molecule has 1 N–H and O–H groups in total. The Morgan fingerprint density at radius 1 is 0.844 bits per heavy atom. The van der Waals surface area contributed by atoms with Gasteiger partial charge in [0.25, 0.3) is 11.8 Å². The van der Waals surface area contributed by atoms with Gasteiger partial charge >= 0.3 is 0 Å². The van der Waals surface area contributed by atoms with Gasteiger partial charge in [-0.15, -0.1) is 0 Å². The summed E-state index contributed by atoms with van der Waals surface area (Å²) in [5.74, 6) is -0.518. The van der Waals surface area contributed by atoms with E-state index in [-0.39, 0.29) is 23.7 Å². The first-order chi connectivity index (χ1) is 15.6. The molecule has 1 heterocycles. The third-order valence-electron chi connectivity index (χ3n) is 6.00. The Balaban J connectivity index is 1.33. The van der Waals surface area contributed by atoms with Crippen LogP contribution in [0.3, 0.4) is 0 Å². The van der Waals surface area contributed by atoms with E-state index in [4.69, 9.17) is 0 Å². The van der Waals surface area contributed by atoms with E-state index in [0.29, 0.717) is 31.5 Å². The van der Waals surface area contributed by atoms with Crippen molar-refractivity contribution in [2.24, 2.45) is 0 Å². The quantitative estimate of drug-likeness (QED) is 0.619. The number of piperidine rings is 1. The molecule has 0 unspecified atom stereocenters. The molecule has 1 fully saturated rings. The minimum absolute atomic E-state index is 0.00456. The maximum Gasteiger partial charge on any atom is 0.254 e. The van der Waals surface area contributed by atoms with Crippen LogP contribution < -0.4 is 5.32 Å². The molecule has 4 rings (SSSR count). The maximum absolute atomic E-state index is 13.2. The molecule has 0 aliphatic carbocycles. The number of aryl methyl sites for hydroxylation is 2. The van der Waals surface area contributed by atoms with Gasteiger partial charge in [-0.25, -0.2) is 4.39 Å². The van der Waals surface area contributed by atoms with Gasteiger partial charge in [0.1, 0.15) is 5.82 Å². The zero-order valence-electron chi connectivity index (χ0n) is 18.0. The highest BCUT2D eigenvalue weighted by molar-refractivity contribution is 5.96. The molecule has 5 heteroatoms. The second kappa shape index (κ2) is 10.2. The van der Waals surface area contributed by atoms with Crippen LogP contribution in [0.15, 0.2) is 78.9 Å². The molecule has 1 aliphatic heterocycles. The summed E-state index contributed by atoms with van der Waals surface area (Å²) < 4.78 is 13.1. The Bertz CT molecular complexity index is 1060. The maximum atomic E-state index is 13.2. The SMILES string of the molecule is O=C(NC1CCN(C(=O)c2ccccc2CCc2ccccc2)CC1)c1ccc(F)cc1. The van der Waals surface area contributed by atoms with Crippen molar-refractivity contribution in [1.82, 2.24) is 10.2 Å². The molecular weight excluding hydrogens is 403 g/mol. The second-order valence-corrected chi connectivity index (χ2v) is 8.19. The van der Waals surface area contributed by atoms with Crippen molar-refractivity contribution in [2.45, 2.75) is 31.7 Å². The van der Waals surface area contributed by atoms with Crippen molar-refractivity contribution in [3.05, 3.63) is 107 Å². The molecular formula is C27H27FN2O2. The third-order valence-corrected chi connectivity index (χ3v) is 6.00. The lowest BCUT2D eigenvalue weighted by molar-refractivity contribution is 0.0697. The molecule has 0 radical (unpaired) electrons. The lowest BCUT2D eigenvalue weighted by atomic mass is 9.97. The van der Waals surface area contributed by atoms with Gasteiger partial charge in [0.05, 0.1) is 0 Å². The van der Waals surface area contributed by atoms with E-state index in [9.17, 15) is 14.0 Å². The number of rotatable bonds is 6. The molecule has 0 atom stereocenters. The molecule has 4 nitrogen and oxygen atoms in total. The summed E-state index contributed by atoms with van der Waals surface area (Å²) in [6, 6.07) is 23.7. The van der Waals surface area contributed by atoms with Crippen molar-refractivity contribution >= 4 is 11.8 Å². The van der Waals surface area contributed by atoms with E-state index < -0.39 is 0 Å². The predicted molar refractivity (Wildman–Crippen MR) is 123 cm³/mol. The molecule has 164 valence electrons. The summed E-state index contributed by atoms with van der Waals surface area (Å²) in [6.45, 7) is 1.19. The van der Waals surface area contributed by atoms with Gasteiger partial charge in [0, 0.05) is 30.3 Å². The largest absolute Gasteiger partial charge is 0.349 e. The Hall–Kier alpha value is -3.47. The van der Waals surface area contributed by atoms with Gasteiger partial charge in [-0.05, 0) is 67.1 Å². The van der Waals surface area contributed by atoms with Gasteiger partial charge in [0.15, 0.2) is 0 Å². The number of hydrogen-bond donors (Lipinski definition) is 1. The monoisotopic (exact) mass is 430 g/mol. The smallest absolute Gasteiger partial charge is 0.254 e. The molecule has 1 saturated heterocycles. The minimum atomic E-state index is -0.363. The molecule has 0 spiro atoms. The summed E-state index contributed by atoms with van der Waals surface area (Å²) in [5, 5.41) is 3.00. The molecule has 0 bridgehead atoms. The topological polar surface area (TPSA) is 49.4 Å². The summed E-state index contributed by atoms with van der Waals surface area (Å²) >= 11 is 0. The first-order valence-electron chi connectivity index (χ1n) is 11.1. The van der Waals surface area contributed by atoms with Crippen molar-refractivity contribution < 1.29 is 14.0 Å². The number of likely N-dealkylation sites (tertiary alicyclic amines) is 1. The number of carbonyl (C=O) groups is 2. The number of carbonyl (C=O) groups excluding carboxylic acids is 2. The fourth-order valence-electron chi connectivity index (χ4n) is 4.14. The summed E-state index contributed by atoms with van der Waals surface area (Å²) in [4.78, 5) is 27.5. The molecule has 3 aromatic carbocycles. The highest BCUT2D eigenvalue weighted by Crippen LogP contribution is 2.19. The van der Waals surface area contributed by atoms with E-state index in [1.165, 1.54) is 29.8 Å². The van der Waals surface area contributed by atoms with E-state index in [1.54, 1.807) is 0 Å². The van der Waals surface area contributed by atoms with Crippen LogP contribution in [-0.4, -0.2) is 35.8 Å². The predicted octanol–water partition coefficient (Wildman–Crippen LogP) is 4.65. The van der Waals surface area contributed by atoms with Crippen molar-refractivity contribution in [3.8, 4) is 0 Å². The van der Waals surface area contributed by atoms with Crippen molar-refractivity contribution in [3.63, 3.8) is 0 Å². The molecule has 1 aliphatic rings. The van der Waals surface area contributed by atoms with Crippen molar-refractivity contribution in [1.29, 1.82) is 0 Å². The highest BCUT2D eigenvalue weighted by Gasteiger charge is 2.26. The van der Waals surface area contributed by atoms with Gasteiger partial charge < -0.3 is 10.2 Å². The van der Waals surface area contributed by atoms with Crippen LogP contribution in [0.1, 0.15) is 44.7 Å². The Kier molecular flexibility index (Phi) is 6.95. The van der Waals surface area contributed by atoms with E-state index in [1.807, 2.05) is 47.4 Å². The lowest BCUT2D eigenvalue weighted by Crippen LogP contribution is -2.46. The van der Waals surface area contributed by atoms with Crippen LogP contribution >= 0.6 is 0 Å². The lowest BCUT2D eigenvalue weighted by Gasteiger charge is -2.33. The van der Waals surface area contributed by atoms with E-state index in [2.05, 4.69) is 17.4 Å². The fraction of sp³-hybridized carbons (Fsp3) is 0.259. The molecule has 0 saturated carbocycles. The molecule has 3 aromatic rings. The molecule has 2 amide bonds. The second-order valence-electron chi connectivity index (χ2n) is 8.19. The van der Waals surface area contributed by atoms with Gasteiger partial charge in [-0.3, -0.25) is 9.59 Å². The average Bonchev–Trinajstić information content (AvgIpc) is 2.84. The third kappa shape index (κ3) is 5.41. The van der Waals surface area contributed by atoms with Gasteiger partial charge in [-0.1, -0.05) is 48.5 Å². The summed E-state index contributed by atoms with van der Waals surface area (Å²) in [7, 11) is 0. The van der Waals surface area contributed by atoms with Gasteiger partial charge in [-0.2, -0.15) is 0 Å². The zero-order valence-corrected chi connectivity index (χ0v) is 18.0. The van der Waals surface area contributed by atoms with E-state index >= 15 is 0 Å². The number of amides is 2. The standard InChI is InChI=1S/C27H27FN2O2/c28-23-14-12-22(13-15-23)26(31)29-24-16-18-30(19-17-24)27(32)25-9-5-4-8-21(25)11-10-20-6-2-1-3-7-20/h1-9,12-15,24H,10-11,16-19H2,(H,29,31). The highest BCUT2D eigenvalue weighted by atomic mass is 19.1. The van der Waals surface area contributed by atoms with Crippen LogP contribution in [0, 0.1) is 5.82 Å². The Labute approximate surface area is 188 Å². The normalized spacial score (nSPS) is 14.2. The summed E-state index contributed by atoms with van der Waals surface area (Å²) in [6.07, 6.45) is 3.11. The molecule has 32 heavy (non-hydrogen) atoms. The van der Waals surface area contributed by atoms with Gasteiger partial charge in [0.2, 0.25) is 0 Å². The minimum Gasteiger partial charge on any atom is -0.349 e. The van der Waals surface area contributed by atoms with Crippen LogP contribution in [0.2, 0.25) is 0 Å². The number of halogens is 1. The van der Waals surface area contributed by atoms with E-state index in [0.717, 1.165) is 24.0 Å². The first-order valence-corrected chi connectivity index (χ1v) is 11.1. The van der Waals surface area contributed by atoms with Crippen LogP contribution in [0.5, 0.6) is 0 Å². The number of hydrogen-bond acceptors (Lipinski definition) is 2. The summed E-state index contributed by atoms with van der Waals surface area (Å²) in [5.41, 5.74) is 3.52. The fourth-order valence-corrected chi connectivity index (χ4v) is 4.14. The number of nitrogens with one attached hydrogen (secondary N) is 1. The van der Waals surface area contributed by atoms with Crippen molar-refractivity contribution in [2.75, 3.05) is 13.1 Å². The number of nitrogens with zero attached hydrogens (tertiary/aromatic N) is 1. The number of benzene rings is 3.